The van der Waals surface area contributed by atoms with Crippen LogP contribution < -0.4 is 5.73 Å². The summed E-state index contributed by atoms with van der Waals surface area (Å²) in [6, 6.07) is -0.149. The molecule has 0 amide bonds. The molecule has 0 bridgehead atoms. The van der Waals surface area contributed by atoms with E-state index in [1.165, 1.54) is 11.2 Å². The summed E-state index contributed by atoms with van der Waals surface area (Å²) in [6.45, 7) is 3.77. The molecule has 6 nitrogen and oxygen atoms in total. The second-order valence-electron chi connectivity index (χ2n) is 4.62. The van der Waals surface area contributed by atoms with Crippen LogP contribution in [-0.2, 0) is 14.8 Å². The van der Waals surface area contributed by atoms with Gasteiger partial charge in [-0.2, -0.15) is 4.31 Å². The molecule has 1 heterocycles. The number of carbonyl (C=O) groups is 1. The lowest BCUT2D eigenvalue weighted by atomic mass is 9.96. The highest BCUT2D eigenvalue weighted by atomic mass is 32.2. The number of carboxylic acids is 1. The average molecular weight is 264 g/mol. The number of nitrogens with zero attached hydrogens (tertiary/aromatic N) is 1. The van der Waals surface area contributed by atoms with Crippen LogP contribution in [-0.4, -0.2) is 48.2 Å². The third-order valence-electron chi connectivity index (χ3n) is 3.38. The Morgan fingerprint density at radius 2 is 2.12 bits per heavy atom. The number of carboxylic acid groups (broad SMARTS) is 1. The second-order valence-corrected chi connectivity index (χ2v) is 6.83. The SMILES string of the molecule is CC1CCC(CN)CN1S(=O)(=O)C(C)C(=O)O. The Labute approximate surface area is 102 Å². The predicted molar refractivity (Wildman–Crippen MR) is 64.0 cm³/mol. The Morgan fingerprint density at radius 1 is 1.53 bits per heavy atom. The number of nitrogens with two attached hydrogens (primary N) is 1. The quantitative estimate of drug-likeness (QED) is 0.735. The highest BCUT2D eigenvalue weighted by Crippen LogP contribution is 2.25. The van der Waals surface area contributed by atoms with Gasteiger partial charge in [-0.25, -0.2) is 8.42 Å². The summed E-state index contributed by atoms with van der Waals surface area (Å²) < 4.78 is 25.5. The van der Waals surface area contributed by atoms with E-state index in [4.69, 9.17) is 10.8 Å². The van der Waals surface area contributed by atoms with Crippen molar-refractivity contribution in [2.45, 2.75) is 38.0 Å². The minimum atomic E-state index is -3.78. The van der Waals surface area contributed by atoms with Gasteiger partial charge in [-0.05, 0) is 39.2 Å². The third kappa shape index (κ3) is 2.97. The van der Waals surface area contributed by atoms with Crippen LogP contribution >= 0.6 is 0 Å². The van der Waals surface area contributed by atoms with Crippen LogP contribution in [0, 0.1) is 5.92 Å². The molecule has 1 fully saturated rings. The summed E-state index contributed by atoms with van der Waals surface area (Å²) in [6.07, 6.45) is 1.62. The van der Waals surface area contributed by atoms with Crippen molar-refractivity contribution in [2.75, 3.05) is 13.1 Å². The Hall–Kier alpha value is -0.660. The molecule has 0 aromatic heterocycles. The average Bonchev–Trinajstić information content (AvgIpc) is 2.28. The molecular formula is C10H20N2O4S. The summed E-state index contributed by atoms with van der Waals surface area (Å²) in [4.78, 5) is 10.8. The van der Waals surface area contributed by atoms with Crippen LogP contribution in [0.4, 0.5) is 0 Å². The largest absolute Gasteiger partial charge is 0.480 e. The molecule has 1 rings (SSSR count). The first kappa shape index (κ1) is 14.4. The summed E-state index contributed by atoms with van der Waals surface area (Å²) >= 11 is 0. The number of rotatable bonds is 4. The van der Waals surface area contributed by atoms with Crippen molar-refractivity contribution in [2.24, 2.45) is 11.7 Å². The first-order valence-electron chi connectivity index (χ1n) is 5.74. The molecule has 17 heavy (non-hydrogen) atoms. The van der Waals surface area contributed by atoms with Crippen LogP contribution in [0.5, 0.6) is 0 Å². The Bertz CT molecular complexity index is 382. The molecule has 0 saturated carbocycles. The highest BCUT2D eigenvalue weighted by molar-refractivity contribution is 7.90. The first-order valence-corrected chi connectivity index (χ1v) is 7.24. The molecule has 3 atom stereocenters. The molecule has 3 unspecified atom stereocenters. The molecular weight excluding hydrogens is 244 g/mol. The molecule has 0 aromatic carbocycles. The van der Waals surface area contributed by atoms with Crippen molar-refractivity contribution in [3.05, 3.63) is 0 Å². The molecule has 0 spiro atoms. The fraction of sp³-hybridized carbons (Fsp3) is 0.900. The van der Waals surface area contributed by atoms with Gasteiger partial charge in [-0.3, -0.25) is 4.79 Å². The van der Waals surface area contributed by atoms with Crippen molar-refractivity contribution in [3.63, 3.8) is 0 Å². The van der Waals surface area contributed by atoms with Crippen LogP contribution in [0.2, 0.25) is 0 Å². The lowest BCUT2D eigenvalue weighted by Crippen LogP contribution is -2.51. The topological polar surface area (TPSA) is 101 Å². The van der Waals surface area contributed by atoms with E-state index in [0.717, 1.165) is 12.8 Å². The van der Waals surface area contributed by atoms with Gasteiger partial charge in [-0.1, -0.05) is 0 Å². The van der Waals surface area contributed by atoms with E-state index in [0.29, 0.717) is 13.1 Å². The predicted octanol–water partition coefficient (Wildman–Crippen LogP) is -0.151. The summed E-state index contributed by atoms with van der Waals surface area (Å²) in [5.74, 6) is -1.19. The van der Waals surface area contributed by atoms with Gasteiger partial charge in [0.15, 0.2) is 5.25 Å². The summed E-state index contributed by atoms with van der Waals surface area (Å²) in [5.41, 5.74) is 5.55. The molecule has 1 saturated heterocycles. The number of piperidine rings is 1. The third-order valence-corrected chi connectivity index (χ3v) is 5.64. The second kappa shape index (κ2) is 5.32. The number of hydrogen-bond acceptors (Lipinski definition) is 4. The van der Waals surface area contributed by atoms with Gasteiger partial charge in [0, 0.05) is 12.6 Å². The summed E-state index contributed by atoms with van der Waals surface area (Å²) in [7, 11) is -3.78. The van der Waals surface area contributed by atoms with E-state index in [-0.39, 0.29) is 12.0 Å². The molecule has 0 aliphatic carbocycles. The fourth-order valence-corrected chi connectivity index (χ4v) is 3.71. The zero-order valence-corrected chi connectivity index (χ0v) is 11.0. The maximum absolute atomic E-state index is 12.1. The number of sulfonamides is 1. The van der Waals surface area contributed by atoms with Crippen molar-refractivity contribution < 1.29 is 18.3 Å². The minimum absolute atomic E-state index is 0.127. The monoisotopic (exact) mass is 264 g/mol. The molecule has 7 heteroatoms. The van der Waals surface area contributed by atoms with Gasteiger partial charge in [0.25, 0.3) is 0 Å². The maximum atomic E-state index is 12.1. The highest BCUT2D eigenvalue weighted by Gasteiger charge is 2.39. The first-order chi connectivity index (χ1) is 7.80. The molecule has 0 aromatic rings. The normalized spacial score (nSPS) is 28.9. The van der Waals surface area contributed by atoms with Gasteiger partial charge in [-0.15, -0.1) is 0 Å². The smallest absolute Gasteiger partial charge is 0.323 e. The van der Waals surface area contributed by atoms with Gasteiger partial charge in [0.2, 0.25) is 10.0 Å². The Kier molecular flexibility index (Phi) is 4.51. The zero-order valence-electron chi connectivity index (χ0n) is 10.2. The van der Waals surface area contributed by atoms with Crippen molar-refractivity contribution in [1.29, 1.82) is 0 Å². The Balaban J connectivity index is 2.92. The summed E-state index contributed by atoms with van der Waals surface area (Å²) in [5, 5.41) is 7.43. The zero-order chi connectivity index (χ0) is 13.2. The standard InChI is InChI=1S/C10H20N2O4S/c1-7-3-4-9(5-11)6-12(7)17(15,16)8(2)10(13)14/h7-9H,3-6,11H2,1-2H3,(H,13,14). The van der Waals surface area contributed by atoms with E-state index in [9.17, 15) is 13.2 Å². The fourth-order valence-electron chi connectivity index (χ4n) is 2.02. The van der Waals surface area contributed by atoms with Crippen LogP contribution in [0.3, 0.4) is 0 Å². The molecule has 100 valence electrons. The van der Waals surface area contributed by atoms with E-state index in [1.807, 2.05) is 0 Å². The number of aliphatic carboxylic acids is 1. The maximum Gasteiger partial charge on any atom is 0.323 e. The molecule has 3 N–H and O–H groups in total. The van der Waals surface area contributed by atoms with E-state index >= 15 is 0 Å². The number of hydrogen-bond donors (Lipinski definition) is 2. The van der Waals surface area contributed by atoms with Crippen molar-refractivity contribution in [1.82, 2.24) is 4.31 Å². The van der Waals surface area contributed by atoms with Gasteiger partial charge in [0.05, 0.1) is 0 Å². The van der Waals surface area contributed by atoms with E-state index < -0.39 is 21.2 Å². The molecule has 1 aliphatic rings. The van der Waals surface area contributed by atoms with E-state index in [2.05, 4.69) is 0 Å². The van der Waals surface area contributed by atoms with Gasteiger partial charge in [0.1, 0.15) is 0 Å². The molecule has 0 radical (unpaired) electrons. The van der Waals surface area contributed by atoms with Gasteiger partial charge < -0.3 is 10.8 Å². The Morgan fingerprint density at radius 3 is 2.59 bits per heavy atom. The lowest BCUT2D eigenvalue weighted by Gasteiger charge is -2.37. The minimum Gasteiger partial charge on any atom is -0.480 e. The van der Waals surface area contributed by atoms with Crippen molar-refractivity contribution >= 4 is 16.0 Å². The van der Waals surface area contributed by atoms with Gasteiger partial charge >= 0.3 is 5.97 Å². The van der Waals surface area contributed by atoms with E-state index in [1.54, 1.807) is 6.92 Å². The van der Waals surface area contributed by atoms with Crippen LogP contribution in [0.1, 0.15) is 26.7 Å². The van der Waals surface area contributed by atoms with Crippen molar-refractivity contribution in [3.8, 4) is 0 Å². The van der Waals surface area contributed by atoms with Crippen LogP contribution in [0.15, 0.2) is 0 Å². The van der Waals surface area contributed by atoms with Crippen LogP contribution in [0.25, 0.3) is 0 Å². The molecule has 1 aliphatic heterocycles. The lowest BCUT2D eigenvalue weighted by molar-refractivity contribution is -0.136.